The second-order valence-electron chi connectivity index (χ2n) is 5.53. The maximum absolute atomic E-state index is 12.2. The largest absolute Gasteiger partial charge is 0.496 e. The summed E-state index contributed by atoms with van der Waals surface area (Å²) in [6.45, 7) is 0.336. The van der Waals surface area contributed by atoms with Gasteiger partial charge in [0.1, 0.15) is 5.75 Å². The Hall–Kier alpha value is -2.45. The van der Waals surface area contributed by atoms with Crippen LogP contribution < -0.4 is 19.5 Å². The highest BCUT2D eigenvalue weighted by Gasteiger charge is 2.13. The van der Waals surface area contributed by atoms with Crippen molar-refractivity contribution in [3.8, 4) is 17.2 Å². The van der Waals surface area contributed by atoms with Crippen LogP contribution in [-0.2, 0) is 11.3 Å². The average Bonchev–Trinajstić information content (AvgIpc) is 3.12. The number of thiazole rings is 1. The van der Waals surface area contributed by atoms with Gasteiger partial charge in [0, 0.05) is 18.2 Å². The van der Waals surface area contributed by atoms with Crippen LogP contribution in [0.4, 0.5) is 0 Å². The molecule has 0 saturated carbocycles. The first-order valence-corrected chi connectivity index (χ1v) is 9.98. The minimum atomic E-state index is -0.0731. The molecule has 3 aromatic rings. The molecule has 2 aromatic carbocycles. The second kappa shape index (κ2) is 8.96. The summed E-state index contributed by atoms with van der Waals surface area (Å²) in [4.78, 5) is 16.8. The quantitative estimate of drug-likeness (QED) is 0.577. The molecular formula is C19H20N2O4S2. The zero-order valence-corrected chi connectivity index (χ0v) is 16.9. The summed E-state index contributed by atoms with van der Waals surface area (Å²) in [7, 11) is 4.72. The first-order chi connectivity index (χ1) is 13.1. The number of methoxy groups -OCH3 is 3. The molecule has 1 amide bonds. The van der Waals surface area contributed by atoms with Gasteiger partial charge in [0.2, 0.25) is 5.91 Å². The maximum Gasteiger partial charge on any atom is 0.230 e. The molecule has 0 atom stereocenters. The summed E-state index contributed by atoms with van der Waals surface area (Å²) in [5.74, 6) is 2.03. The lowest BCUT2D eigenvalue weighted by atomic mass is 10.1. The van der Waals surface area contributed by atoms with Crippen molar-refractivity contribution in [3.05, 3.63) is 42.0 Å². The van der Waals surface area contributed by atoms with Gasteiger partial charge >= 0.3 is 0 Å². The van der Waals surface area contributed by atoms with Crippen LogP contribution in [0.1, 0.15) is 5.56 Å². The summed E-state index contributed by atoms with van der Waals surface area (Å²) in [5, 5.41) is 2.91. The van der Waals surface area contributed by atoms with E-state index in [1.165, 1.54) is 11.8 Å². The number of amides is 1. The molecule has 8 heteroatoms. The van der Waals surface area contributed by atoms with Crippen molar-refractivity contribution in [1.82, 2.24) is 10.3 Å². The van der Waals surface area contributed by atoms with E-state index >= 15 is 0 Å². The van der Waals surface area contributed by atoms with Crippen LogP contribution in [0.5, 0.6) is 17.2 Å². The van der Waals surface area contributed by atoms with Gasteiger partial charge in [-0.2, -0.15) is 0 Å². The second-order valence-corrected chi connectivity index (χ2v) is 7.79. The summed E-state index contributed by atoms with van der Waals surface area (Å²) in [5.41, 5.74) is 1.77. The number of nitrogens with zero attached hydrogens (tertiary/aromatic N) is 1. The normalized spacial score (nSPS) is 10.6. The lowest BCUT2D eigenvalue weighted by molar-refractivity contribution is -0.118. The minimum absolute atomic E-state index is 0.0731. The average molecular weight is 405 g/mol. The molecule has 6 nitrogen and oxygen atoms in total. The van der Waals surface area contributed by atoms with Gasteiger partial charge in [-0.1, -0.05) is 23.9 Å². The van der Waals surface area contributed by atoms with E-state index in [4.69, 9.17) is 14.2 Å². The third-order valence-electron chi connectivity index (χ3n) is 3.86. The number of thioether (sulfide) groups is 1. The molecule has 1 N–H and O–H groups in total. The highest BCUT2D eigenvalue weighted by Crippen LogP contribution is 2.34. The predicted molar refractivity (Wildman–Crippen MR) is 108 cm³/mol. The Kier molecular flexibility index (Phi) is 6.41. The first kappa shape index (κ1) is 19.3. The van der Waals surface area contributed by atoms with E-state index in [0.29, 0.717) is 29.5 Å². The van der Waals surface area contributed by atoms with Gasteiger partial charge in [-0.05, 0) is 18.2 Å². The van der Waals surface area contributed by atoms with E-state index in [1.54, 1.807) is 44.8 Å². The van der Waals surface area contributed by atoms with E-state index in [0.717, 1.165) is 20.1 Å². The van der Waals surface area contributed by atoms with Crippen LogP contribution in [0.25, 0.3) is 10.2 Å². The molecule has 0 aliphatic rings. The Morgan fingerprint density at radius 2 is 1.78 bits per heavy atom. The third kappa shape index (κ3) is 4.64. The number of ether oxygens (including phenoxy) is 3. The number of aromatic nitrogens is 1. The number of hydrogen-bond donors (Lipinski definition) is 1. The number of hydrogen-bond acceptors (Lipinski definition) is 7. The molecule has 0 bridgehead atoms. The minimum Gasteiger partial charge on any atom is -0.496 e. The van der Waals surface area contributed by atoms with Crippen molar-refractivity contribution in [2.24, 2.45) is 0 Å². The zero-order chi connectivity index (χ0) is 19.2. The number of para-hydroxylation sites is 1. The molecule has 142 valence electrons. The molecule has 0 aliphatic heterocycles. The first-order valence-electron chi connectivity index (χ1n) is 8.18. The van der Waals surface area contributed by atoms with Crippen molar-refractivity contribution in [2.75, 3.05) is 27.1 Å². The summed E-state index contributed by atoms with van der Waals surface area (Å²) < 4.78 is 18.0. The van der Waals surface area contributed by atoms with Crippen LogP contribution in [0.2, 0.25) is 0 Å². The van der Waals surface area contributed by atoms with Gasteiger partial charge in [-0.3, -0.25) is 4.79 Å². The molecule has 0 spiro atoms. The van der Waals surface area contributed by atoms with E-state index in [-0.39, 0.29) is 5.91 Å². The molecule has 1 heterocycles. The van der Waals surface area contributed by atoms with Gasteiger partial charge in [-0.15, -0.1) is 11.3 Å². The molecule has 3 rings (SSSR count). The lowest BCUT2D eigenvalue weighted by Crippen LogP contribution is -2.24. The fourth-order valence-corrected chi connectivity index (χ4v) is 4.41. The SMILES string of the molecule is COc1cc(OC)c(OC)cc1CNC(=O)CSc1nc2ccccc2s1. The van der Waals surface area contributed by atoms with E-state index in [1.807, 2.05) is 24.3 Å². The Morgan fingerprint density at radius 3 is 2.48 bits per heavy atom. The highest BCUT2D eigenvalue weighted by molar-refractivity contribution is 8.01. The zero-order valence-electron chi connectivity index (χ0n) is 15.3. The number of carbonyl (C=O) groups is 1. The fraction of sp³-hybridized carbons (Fsp3) is 0.263. The fourth-order valence-electron chi connectivity index (χ4n) is 2.52. The van der Waals surface area contributed by atoms with E-state index in [9.17, 15) is 4.79 Å². The van der Waals surface area contributed by atoms with Crippen LogP contribution in [0.3, 0.4) is 0 Å². The number of fused-ring (bicyclic) bond motifs is 1. The Labute approximate surface area is 165 Å². The third-order valence-corrected chi connectivity index (χ3v) is 6.04. The predicted octanol–water partition coefficient (Wildman–Crippen LogP) is 3.73. The molecule has 0 unspecified atom stereocenters. The van der Waals surface area contributed by atoms with Gasteiger partial charge in [0.15, 0.2) is 15.8 Å². The molecular weight excluding hydrogens is 384 g/mol. The maximum atomic E-state index is 12.2. The van der Waals surface area contributed by atoms with Crippen molar-refractivity contribution < 1.29 is 19.0 Å². The van der Waals surface area contributed by atoms with Gasteiger partial charge in [0.05, 0.1) is 37.3 Å². The Balaban J connectivity index is 1.60. The number of nitrogens with one attached hydrogen (secondary N) is 1. The molecule has 0 saturated heterocycles. The number of benzene rings is 2. The Bertz CT molecular complexity index is 910. The van der Waals surface area contributed by atoms with Crippen LogP contribution >= 0.6 is 23.1 Å². The van der Waals surface area contributed by atoms with Gasteiger partial charge in [0.25, 0.3) is 0 Å². The summed E-state index contributed by atoms with van der Waals surface area (Å²) in [6.07, 6.45) is 0. The monoisotopic (exact) mass is 404 g/mol. The van der Waals surface area contributed by atoms with Crippen molar-refractivity contribution in [2.45, 2.75) is 10.9 Å². The molecule has 0 radical (unpaired) electrons. The van der Waals surface area contributed by atoms with E-state index < -0.39 is 0 Å². The van der Waals surface area contributed by atoms with E-state index in [2.05, 4.69) is 10.3 Å². The van der Waals surface area contributed by atoms with Crippen LogP contribution in [0, 0.1) is 0 Å². The number of carbonyl (C=O) groups excluding carboxylic acids is 1. The van der Waals surface area contributed by atoms with Crippen molar-refractivity contribution in [1.29, 1.82) is 0 Å². The smallest absolute Gasteiger partial charge is 0.230 e. The topological polar surface area (TPSA) is 69.7 Å². The van der Waals surface area contributed by atoms with Gasteiger partial charge in [-0.25, -0.2) is 4.98 Å². The van der Waals surface area contributed by atoms with Gasteiger partial charge < -0.3 is 19.5 Å². The standard InChI is InChI=1S/C19H20N2O4S2/c1-23-14-9-16(25-3)15(24-2)8-12(14)10-20-18(22)11-26-19-21-13-6-4-5-7-17(13)27-19/h4-9H,10-11H2,1-3H3,(H,20,22). The van der Waals surface area contributed by atoms with Crippen molar-refractivity contribution in [3.63, 3.8) is 0 Å². The molecule has 0 fully saturated rings. The molecule has 0 aliphatic carbocycles. The molecule has 27 heavy (non-hydrogen) atoms. The van der Waals surface area contributed by atoms with Crippen molar-refractivity contribution >= 4 is 39.2 Å². The van der Waals surface area contributed by atoms with Crippen LogP contribution in [0.15, 0.2) is 40.7 Å². The molecule has 1 aromatic heterocycles. The lowest BCUT2D eigenvalue weighted by Gasteiger charge is -2.14. The summed E-state index contributed by atoms with van der Waals surface area (Å²) >= 11 is 3.02. The number of rotatable bonds is 8. The summed E-state index contributed by atoms with van der Waals surface area (Å²) in [6, 6.07) is 11.5. The Morgan fingerprint density at radius 1 is 1.07 bits per heavy atom. The highest BCUT2D eigenvalue weighted by atomic mass is 32.2. The van der Waals surface area contributed by atoms with Crippen LogP contribution in [-0.4, -0.2) is 38.0 Å².